The molecule has 2 aromatic rings. The number of aryl methyl sites for hydroxylation is 2. The van der Waals surface area contributed by atoms with Gasteiger partial charge in [-0.2, -0.15) is 0 Å². The van der Waals surface area contributed by atoms with Crippen molar-refractivity contribution >= 4 is 17.1 Å². The van der Waals surface area contributed by atoms with E-state index < -0.39 is 6.10 Å². The summed E-state index contributed by atoms with van der Waals surface area (Å²) in [7, 11) is 0. The van der Waals surface area contributed by atoms with E-state index in [4.69, 9.17) is 4.74 Å². The normalized spacial score (nSPS) is 12.3. The second-order valence-corrected chi connectivity index (χ2v) is 7.88. The summed E-state index contributed by atoms with van der Waals surface area (Å²) in [4.78, 5) is 13.3. The number of aliphatic hydroxyl groups excluding tert-OH is 1. The molecule has 0 saturated carbocycles. The molecule has 0 amide bonds. The zero-order chi connectivity index (χ0) is 18.9. The number of benzene rings is 1. The van der Waals surface area contributed by atoms with Gasteiger partial charge in [0.15, 0.2) is 5.78 Å². The minimum absolute atomic E-state index is 0.0920. The molecule has 1 aromatic heterocycles. The van der Waals surface area contributed by atoms with Crippen molar-refractivity contribution < 1.29 is 14.6 Å². The fraction of sp³-hybridized carbons (Fsp3) is 0.476. The number of rotatable bonds is 11. The first-order chi connectivity index (χ1) is 12.5. The first kappa shape index (κ1) is 20.6. The standard InChI is InChI=1S/C21H29NO3S/c1-15(2)11-22-12-18(23)13-25-20-16(3)14-26-21(20)19(24)10-9-17-7-5-4-6-8-17/h4-8,14-15,18,22-23H,9-13H2,1-3H3. The number of ketones is 1. The van der Waals surface area contributed by atoms with Crippen LogP contribution in [0.3, 0.4) is 0 Å². The summed E-state index contributed by atoms with van der Waals surface area (Å²) < 4.78 is 5.80. The van der Waals surface area contributed by atoms with Gasteiger partial charge >= 0.3 is 0 Å². The predicted molar refractivity (Wildman–Crippen MR) is 107 cm³/mol. The number of carbonyl (C=O) groups excluding carboxylic acids is 1. The van der Waals surface area contributed by atoms with Crippen LogP contribution in [0.15, 0.2) is 35.7 Å². The van der Waals surface area contributed by atoms with Gasteiger partial charge in [-0.05, 0) is 36.8 Å². The van der Waals surface area contributed by atoms with Crippen LogP contribution in [0.5, 0.6) is 5.75 Å². The second kappa shape index (κ2) is 10.5. The topological polar surface area (TPSA) is 58.6 Å². The molecule has 0 aliphatic carbocycles. The van der Waals surface area contributed by atoms with E-state index >= 15 is 0 Å². The van der Waals surface area contributed by atoms with Gasteiger partial charge in [0.05, 0.1) is 0 Å². The van der Waals surface area contributed by atoms with Gasteiger partial charge in [0.1, 0.15) is 23.3 Å². The summed E-state index contributed by atoms with van der Waals surface area (Å²) in [6.45, 7) is 7.71. The molecule has 2 rings (SSSR count). The zero-order valence-corrected chi connectivity index (χ0v) is 16.6. The van der Waals surface area contributed by atoms with E-state index in [-0.39, 0.29) is 12.4 Å². The Hall–Kier alpha value is -1.69. The molecule has 1 aromatic carbocycles. The fourth-order valence-electron chi connectivity index (χ4n) is 2.60. The highest BCUT2D eigenvalue weighted by Gasteiger charge is 2.18. The SMILES string of the molecule is Cc1csc(C(=O)CCc2ccccc2)c1OCC(O)CNCC(C)C. The van der Waals surface area contributed by atoms with Gasteiger partial charge in [0, 0.05) is 18.5 Å². The van der Waals surface area contributed by atoms with E-state index in [9.17, 15) is 9.90 Å². The molecular formula is C21H29NO3S. The monoisotopic (exact) mass is 375 g/mol. The summed E-state index contributed by atoms with van der Waals surface area (Å²) in [5.41, 5.74) is 2.10. The highest BCUT2D eigenvalue weighted by atomic mass is 32.1. The van der Waals surface area contributed by atoms with Crippen molar-refractivity contribution in [2.24, 2.45) is 5.92 Å². The Labute approximate surface area is 160 Å². The lowest BCUT2D eigenvalue weighted by atomic mass is 10.1. The van der Waals surface area contributed by atoms with E-state index in [2.05, 4.69) is 19.2 Å². The number of hydrogen-bond acceptors (Lipinski definition) is 5. The van der Waals surface area contributed by atoms with Crippen LogP contribution in [0.4, 0.5) is 0 Å². The molecule has 4 nitrogen and oxygen atoms in total. The van der Waals surface area contributed by atoms with Gasteiger partial charge in [0.2, 0.25) is 0 Å². The lowest BCUT2D eigenvalue weighted by Gasteiger charge is -2.15. The summed E-state index contributed by atoms with van der Waals surface area (Å²) in [6, 6.07) is 10.0. The molecule has 1 heterocycles. The number of thiophene rings is 1. The molecule has 0 bridgehead atoms. The molecule has 2 N–H and O–H groups in total. The molecule has 5 heteroatoms. The summed E-state index contributed by atoms with van der Waals surface area (Å²) in [5, 5.41) is 15.2. The van der Waals surface area contributed by atoms with Crippen molar-refractivity contribution in [3.63, 3.8) is 0 Å². The highest BCUT2D eigenvalue weighted by Crippen LogP contribution is 2.31. The maximum atomic E-state index is 12.6. The lowest BCUT2D eigenvalue weighted by molar-refractivity contribution is 0.0954. The highest BCUT2D eigenvalue weighted by molar-refractivity contribution is 7.12. The van der Waals surface area contributed by atoms with E-state index in [1.54, 1.807) is 0 Å². The molecule has 0 radical (unpaired) electrons. The third-order valence-electron chi connectivity index (χ3n) is 4.01. The van der Waals surface area contributed by atoms with Gasteiger partial charge in [-0.15, -0.1) is 11.3 Å². The van der Waals surface area contributed by atoms with Gasteiger partial charge in [-0.1, -0.05) is 44.2 Å². The molecule has 0 spiro atoms. The molecule has 0 fully saturated rings. The van der Waals surface area contributed by atoms with E-state index in [0.717, 1.165) is 24.1 Å². The van der Waals surface area contributed by atoms with Crippen LogP contribution in [0.2, 0.25) is 0 Å². The van der Waals surface area contributed by atoms with Crippen molar-refractivity contribution in [3.8, 4) is 5.75 Å². The van der Waals surface area contributed by atoms with Crippen molar-refractivity contribution in [2.45, 2.75) is 39.7 Å². The van der Waals surface area contributed by atoms with E-state index in [1.165, 1.54) is 11.3 Å². The minimum atomic E-state index is -0.597. The molecule has 142 valence electrons. The predicted octanol–water partition coefficient (Wildman–Crippen LogP) is 3.86. The Balaban J connectivity index is 1.87. The minimum Gasteiger partial charge on any atom is -0.489 e. The number of hydrogen-bond donors (Lipinski definition) is 2. The second-order valence-electron chi connectivity index (χ2n) is 7.00. The van der Waals surface area contributed by atoms with Crippen molar-refractivity contribution in [1.29, 1.82) is 0 Å². The largest absolute Gasteiger partial charge is 0.489 e. The molecule has 0 aliphatic heterocycles. The molecule has 0 saturated heterocycles. The molecular weight excluding hydrogens is 346 g/mol. The third kappa shape index (κ3) is 6.56. The van der Waals surface area contributed by atoms with Crippen LogP contribution >= 0.6 is 11.3 Å². The van der Waals surface area contributed by atoms with Crippen LogP contribution in [0.25, 0.3) is 0 Å². The molecule has 1 atom stereocenters. The van der Waals surface area contributed by atoms with E-state index in [0.29, 0.717) is 29.5 Å². The van der Waals surface area contributed by atoms with Crippen LogP contribution < -0.4 is 10.1 Å². The van der Waals surface area contributed by atoms with Crippen LogP contribution in [-0.2, 0) is 6.42 Å². The Morgan fingerprint density at radius 3 is 2.65 bits per heavy atom. The average molecular weight is 376 g/mol. The van der Waals surface area contributed by atoms with Crippen molar-refractivity contribution in [3.05, 3.63) is 51.7 Å². The third-order valence-corrected chi connectivity index (χ3v) is 5.13. The number of Topliss-reactive ketones (excluding diaryl/α,β-unsaturated/α-hetero) is 1. The summed E-state index contributed by atoms with van der Waals surface area (Å²) >= 11 is 1.42. The van der Waals surface area contributed by atoms with Crippen LogP contribution in [0, 0.1) is 12.8 Å². The fourth-order valence-corrected chi connectivity index (χ4v) is 3.56. The Bertz CT molecular complexity index is 682. The Kier molecular flexibility index (Phi) is 8.29. The van der Waals surface area contributed by atoms with Gasteiger partial charge in [-0.25, -0.2) is 0 Å². The van der Waals surface area contributed by atoms with Gasteiger partial charge in [0.25, 0.3) is 0 Å². The lowest BCUT2D eigenvalue weighted by Crippen LogP contribution is -2.33. The molecule has 1 unspecified atom stereocenters. The first-order valence-electron chi connectivity index (χ1n) is 9.14. The van der Waals surface area contributed by atoms with E-state index in [1.807, 2.05) is 42.6 Å². The number of carbonyl (C=O) groups is 1. The maximum Gasteiger partial charge on any atom is 0.176 e. The average Bonchev–Trinajstić information content (AvgIpc) is 2.99. The Morgan fingerprint density at radius 1 is 1.23 bits per heavy atom. The maximum absolute atomic E-state index is 12.6. The first-order valence-corrected chi connectivity index (χ1v) is 10.0. The van der Waals surface area contributed by atoms with Gasteiger partial charge in [-0.3, -0.25) is 4.79 Å². The number of ether oxygens (including phenoxy) is 1. The van der Waals surface area contributed by atoms with Gasteiger partial charge < -0.3 is 15.2 Å². The quantitative estimate of drug-likeness (QED) is 0.586. The smallest absolute Gasteiger partial charge is 0.176 e. The summed E-state index contributed by atoms with van der Waals surface area (Å²) in [6.07, 6.45) is 0.580. The molecule has 0 aliphatic rings. The Morgan fingerprint density at radius 2 is 1.96 bits per heavy atom. The zero-order valence-electron chi connectivity index (χ0n) is 15.8. The van der Waals surface area contributed by atoms with Crippen molar-refractivity contribution in [2.75, 3.05) is 19.7 Å². The molecule has 26 heavy (non-hydrogen) atoms. The number of nitrogens with one attached hydrogen (secondary N) is 1. The summed E-state index contributed by atoms with van der Waals surface area (Å²) in [5.74, 6) is 1.25. The van der Waals surface area contributed by atoms with Crippen LogP contribution in [0.1, 0.15) is 41.1 Å². The van der Waals surface area contributed by atoms with Crippen molar-refractivity contribution in [1.82, 2.24) is 5.32 Å². The number of aliphatic hydroxyl groups is 1. The van der Waals surface area contributed by atoms with Crippen LogP contribution in [-0.4, -0.2) is 36.7 Å².